The van der Waals surface area contributed by atoms with Gasteiger partial charge in [-0.15, -0.1) is 0 Å². The number of halogens is 1. The Morgan fingerprint density at radius 1 is 1.54 bits per heavy atom. The summed E-state index contributed by atoms with van der Waals surface area (Å²) in [6, 6.07) is 3.53. The molecule has 0 aliphatic rings. The molecule has 0 radical (unpaired) electrons. The minimum absolute atomic E-state index is 0.0529. The van der Waals surface area contributed by atoms with E-state index in [-0.39, 0.29) is 12.1 Å². The summed E-state index contributed by atoms with van der Waals surface area (Å²) in [6.45, 7) is 3.84. The van der Waals surface area contributed by atoms with E-state index < -0.39 is 0 Å². The van der Waals surface area contributed by atoms with Crippen molar-refractivity contribution in [3.8, 4) is 0 Å². The van der Waals surface area contributed by atoms with E-state index in [0.717, 1.165) is 0 Å². The maximum atomic E-state index is 8.99. The Hall–Kier alpha value is -0.800. The van der Waals surface area contributed by atoms with E-state index in [1.807, 2.05) is 13.8 Å². The number of rotatable bonds is 3. The average Bonchev–Trinajstić information content (AvgIpc) is 2.09. The molecule has 0 aliphatic carbocycles. The number of hydrogen-bond acceptors (Lipinski definition) is 3. The average molecular weight is 201 g/mol. The first-order chi connectivity index (χ1) is 6.03. The maximum absolute atomic E-state index is 8.99. The van der Waals surface area contributed by atoms with Crippen molar-refractivity contribution in [2.45, 2.75) is 19.4 Å². The molecule has 72 valence electrons. The Kier molecular flexibility index (Phi) is 3.12. The summed E-state index contributed by atoms with van der Waals surface area (Å²) in [7, 11) is 0. The van der Waals surface area contributed by atoms with Crippen LogP contribution in [0.25, 0.3) is 0 Å². The Balaban J connectivity index is 2.69. The number of hydrogen-bond donors (Lipinski definition) is 2. The summed E-state index contributed by atoms with van der Waals surface area (Å²) < 4.78 is 0. The van der Waals surface area contributed by atoms with Gasteiger partial charge in [-0.1, -0.05) is 11.6 Å². The van der Waals surface area contributed by atoms with Gasteiger partial charge in [0.15, 0.2) is 0 Å². The van der Waals surface area contributed by atoms with Crippen LogP contribution in [0.3, 0.4) is 0 Å². The van der Waals surface area contributed by atoms with E-state index >= 15 is 0 Å². The van der Waals surface area contributed by atoms with Gasteiger partial charge in [-0.25, -0.2) is 4.98 Å². The molecular formula is C9H13ClN2O. The highest BCUT2D eigenvalue weighted by atomic mass is 35.5. The van der Waals surface area contributed by atoms with Gasteiger partial charge in [0.1, 0.15) is 5.82 Å². The first-order valence-corrected chi connectivity index (χ1v) is 4.42. The van der Waals surface area contributed by atoms with Crippen LogP contribution in [-0.2, 0) is 0 Å². The topological polar surface area (TPSA) is 45.1 Å². The highest BCUT2D eigenvalue weighted by molar-refractivity contribution is 6.30. The number of anilines is 1. The second-order valence-electron chi connectivity index (χ2n) is 3.53. The van der Waals surface area contributed by atoms with E-state index in [0.29, 0.717) is 10.8 Å². The molecule has 0 unspecified atom stereocenters. The third-order valence-electron chi connectivity index (χ3n) is 1.59. The van der Waals surface area contributed by atoms with E-state index in [9.17, 15) is 0 Å². The van der Waals surface area contributed by atoms with Crippen LogP contribution < -0.4 is 5.32 Å². The molecule has 0 amide bonds. The number of pyridine rings is 1. The van der Waals surface area contributed by atoms with Crippen LogP contribution in [0.5, 0.6) is 0 Å². The molecule has 1 heterocycles. The molecule has 0 spiro atoms. The van der Waals surface area contributed by atoms with Crippen LogP contribution in [0.1, 0.15) is 13.8 Å². The van der Waals surface area contributed by atoms with Crippen LogP contribution in [-0.4, -0.2) is 22.2 Å². The van der Waals surface area contributed by atoms with E-state index in [1.54, 1.807) is 18.3 Å². The van der Waals surface area contributed by atoms with E-state index in [2.05, 4.69) is 10.3 Å². The molecular weight excluding hydrogens is 188 g/mol. The number of aromatic nitrogens is 1. The molecule has 0 bridgehead atoms. The molecule has 1 rings (SSSR count). The summed E-state index contributed by atoms with van der Waals surface area (Å²) in [5.74, 6) is 0.712. The predicted molar refractivity (Wildman–Crippen MR) is 54.0 cm³/mol. The van der Waals surface area contributed by atoms with Gasteiger partial charge in [-0.2, -0.15) is 0 Å². The van der Waals surface area contributed by atoms with Gasteiger partial charge in [0.25, 0.3) is 0 Å². The fourth-order valence-electron chi connectivity index (χ4n) is 0.836. The van der Waals surface area contributed by atoms with E-state index in [4.69, 9.17) is 16.7 Å². The third-order valence-corrected chi connectivity index (χ3v) is 1.81. The van der Waals surface area contributed by atoms with Crippen LogP contribution >= 0.6 is 11.6 Å². The lowest BCUT2D eigenvalue weighted by Crippen LogP contribution is -2.35. The molecule has 0 saturated carbocycles. The quantitative estimate of drug-likeness (QED) is 0.784. The SMILES string of the molecule is CC(C)(CO)Nc1ccc(Cl)cn1. The normalized spacial score (nSPS) is 11.4. The van der Waals surface area contributed by atoms with Gasteiger partial charge < -0.3 is 10.4 Å². The molecule has 4 heteroatoms. The molecule has 0 atom stereocenters. The van der Waals surface area contributed by atoms with Gasteiger partial charge in [0, 0.05) is 6.20 Å². The molecule has 0 aromatic carbocycles. The summed E-state index contributed by atoms with van der Waals surface area (Å²) in [6.07, 6.45) is 1.57. The molecule has 0 aliphatic heterocycles. The largest absolute Gasteiger partial charge is 0.394 e. The number of nitrogens with zero attached hydrogens (tertiary/aromatic N) is 1. The Labute approximate surface area is 82.8 Å². The molecule has 2 N–H and O–H groups in total. The van der Waals surface area contributed by atoms with Crippen LogP contribution in [0.2, 0.25) is 5.02 Å². The first-order valence-electron chi connectivity index (χ1n) is 4.04. The monoisotopic (exact) mass is 200 g/mol. The molecule has 3 nitrogen and oxygen atoms in total. The lowest BCUT2D eigenvalue weighted by atomic mass is 10.1. The van der Waals surface area contributed by atoms with Crippen molar-refractivity contribution in [2.24, 2.45) is 0 Å². The highest BCUT2D eigenvalue weighted by Gasteiger charge is 2.15. The van der Waals surface area contributed by atoms with Crippen LogP contribution in [0.15, 0.2) is 18.3 Å². The van der Waals surface area contributed by atoms with E-state index in [1.165, 1.54) is 0 Å². The Morgan fingerprint density at radius 2 is 2.23 bits per heavy atom. The lowest BCUT2D eigenvalue weighted by molar-refractivity contribution is 0.234. The lowest BCUT2D eigenvalue weighted by Gasteiger charge is -2.23. The van der Waals surface area contributed by atoms with Crippen molar-refractivity contribution in [3.05, 3.63) is 23.4 Å². The van der Waals surface area contributed by atoms with Crippen molar-refractivity contribution in [2.75, 3.05) is 11.9 Å². The first kappa shape index (κ1) is 10.3. The van der Waals surface area contributed by atoms with Crippen LogP contribution in [0, 0.1) is 0 Å². The second kappa shape index (κ2) is 3.94. The minimum atomic E-state index is -0.360. The van der Waals surface area contributed by atoms with Gasteiger partial charge in [-0.05, 0) is 26.0 Å². The summed E-state index contributed by atoms with van der Waals surface area (Å²) in [5, 5.41) is 12.7. The van der Waals surface area contributed by atoms with Crippen molar-refractivity contribution in [1.82, 2.24) is 4.98 Å². The maximum Gasteiger partial charge on any atom is 0.126 e. The fraction of sp³-hybridized carbons (Fsp3) is 0.444. The summed E-state index contributed by atoms with van der Waals surface area (Å²) in [4.78, 5) is 4.06. The smallest absolute Gasteiger partial charge is 0.126 e. The number of nitrogens with one attached hydrogen (secondary N) is 1. The molecule has 0 saturated heterocycles. The number of aliphatic hydroxyl groups is 1. The molecule has 1 aromatic heterocycles. The Bertz CT molecular complexity index is 271. The van der Waals surface area contributed by atoms with Crippen molar-refractivity contribution < 1.29 is 5.11 Å². The van der Waals surface area contributed by atoms with Crippen molar-refractivity contribution in [3.63, 3.8) is 0 Å². The van der Waals surface area contributed by atoms with Crippen molar-refractivity contribution in [1.29, 1.82) is 0 Å². The molecule has 1 aromatic rings. The molecule has 13 heavy (non-hydrogen) atoms. The number of aliphatic hydroxyl groups excluding tert-OH is 1. The van der Waals surface area contributed by atoms with Gasteiger partial charge >= 0.3 is 0 Å². The highest BCUT2D eigenvalue weighted by Crippen LogP contribution is 2.14. The Morgan fingerprint density at radius 3 is 2.69 bits per heavy atom. The fourth-order valence-corrected chi connectivity index (χ4v) is 0.948. The predicted octanol–water partition coefficient (Wildman–Crippen LogP) is 1.92. The van der Waals surface area contributed by atoms with Crippen LogP contribution in [0.4, 0.5) is 5.82 Å². The summed E-state index contributed by atoms with van der Waals surface area (Å²) in [5.41, 5.74) is -0.360. The van der Waals surface area contributed by atoms with Gasteiger partial charge in [0.2, 0.25) is 0 Å². The zero-order valence-electron chi connectivity index (χ0n) is 7.71. The standard InChI is InChI=1S/C9H13ClN2O/c1-9(2,6-13)12-8-4-3-7(10)5-11-8/h3-5,13H,6H2,1-2H3,(H,11,12). The zero-order valence-corrected chi connectivity index (χ0v) is 8.47. The van der Waals surface area contributed by atoms with Gasteiger partial charge in [0.05, 0.1) is 17.2 Å². The second-order valence-corrected chi connectivity index (χ2v) is 3.97. The zero-order chi connectivity index (χ0) is 9.90. The van der Waals surface area contributed by atoms with Crippen molar-refractivity contribution >= 4 is 17.4 Å². The summed E-state index contributed by atoms with van der Waals surface area (Å²) >= 11 is 5.68. The van der Waals surface area contributed by atoms with Gasteiger partial charge in [-0.3, -0.25) is 0 Å². The molecule has 0 fully saturated rings. The third kappa shape index (κ3) is 3.20. The minimum Gasteiger partial charge on any atom is -0.394 e.